The topological polar surface area (TPSA) is 58.5 Å². The third-order valence-electron chi connectivity index (χ3n) is 3.34. The van der Waals surface area contributed by atoms with Gasteiger partial charge in [0.2, 0.25) is 0 Å². The third kappa shape index (κ3) is 5.19. The highest BCUT2D eigenvalue weighted by Crippen LogP contribution is 2.18. The number of thiazole rings is 1. The molecule has 0 unspecified atom stereocenters. The number of guanidine groups is 1. The zero-order valence-electron chi connectivity index (χ0n) is 14.2. The van der Waals surface area contributed by atoms with Gasteiger partial charge in [0, 0.05) is 24.7 Å². The van der Waals surface area contributed by atoms with Crippen LogP contribution in [0.15, 0.2) is 29.4 Å². The summed E-state index contributed by atoms with van der Waals surface area (Å²) in [5.74, 6) is 0.575. The molecular weight excluding hydrogens is 327 g/mol. The first-order chi connectivity index (χ1) is 11.7. The molecule has 0 saturated heterocycles. The maximum absolute atomic E-state index is 13.8. The molecule has 2 N–H and O–H groups in total. The molecule has 1 aromatic carbocycles. The largest absolute Gasteiger partial charge is 0.491 e. The first kappa shape index (κ1) is 18.2. The van der Waals surface area contributed by atoms with E-state index in [0.717, 1.165) is 17.0 Å². The van der Waals surface area contributed by atoms with E-state index >= 15 is 0 Å². The van der Waals surface area contributed by atoms with Crippen LogP contribution in [-0.4, -0.2) is 24.6 Å². The molecule has 2 rings (SSSR count). The number of nitrogens with zero attached hydrogens (tertiary/aromatic N) is 2. The summed E-state index contributed by atoms with van der Waals surface area (Å²) >= 11 is 1.69. The van der Waals surface area contributed by atoms with E-state index in [-0.39, 0.29) is 11.6 Å². The summed E-state index contributed by atoms with van der Waals surface area (Å²) in [6.07, 6.45) is 2.90. The Kier molecular flexibility index (Phi) is 6.99. The first-order valence-corrected chi connectivity index (χ1v) is 8.77. The highest BCUT2D eigenvalue weighted by atomic mass is 32.1. The van der Waals surface area contributed by atoms with Crippen LogP contribution in [0.2, 0.25) is 0 Å². The van der Waals surface area contributed by atoms with E-state index in [0.29, 0.717) is 25.7 Å². The number of benzene rings is 1. The van der Waals surface area contributed by atoms with Crippen LogP contribution < -0.4 is 15.4 Å². The van der Waals surface area contributed by atoms with E-state index in [1.807, 2.05) is 19.2 Å². The number of aromatic nitrogens is 1. The lowest BCUT2D eigenvalue weighted by Gasteiger charge is -2.12. The summed E-state index contributed by atoms with van der Waals surface area (Å²) in [4.78, 5) is 9.79. The molecule has 0 aliphatic heterocycles. The Bertz CT molecular complexity index is 687. The molecule has 0 amide bonds. The molecule has 24 heavy (non-hydrogen) atoms. The second-order valence-corrected chi connectivity index (χ2v) is 6.25. The van der Waals surface area contributed by atoms with E-state index in [4.69, 9.17) is 4.74 Å². The lowest BCUT2D eigenvalue weighted by Crippen LogP contribution is -2.36. The number of ether oxygens (including phenoxy) is 1. The van der Waals surface area contributed by atoms with Crippen molar-refractivity contribution in [1.82, 2.24) is 15.6 Å². The van der Waals surface area contributed by atoms with Gasteiger partial charge in [-0.3, -0.25) is 4.99 Å². The minimum atomic E-state index is -0.353. The third-order valence-corrected chi connectivity index (χ3v) is 4.48. The minimum Gasteiger partial charge on any atom is -0.491 e. The predicted octanol–water partition coefficient (Wildman–Crippen LogP) is 3.11. The number of aliphatic imine (C=N–C) groups is 1. The van der Waals surface area contributed by atoms with Crippen LogP contribution in [0, 0.1) is 5.82 Å². The molecule has 0 fully saturated rings. The molecule has 1 aromatic heterocycles. The van der Waals surface area contributed by atoms with E-state index < -0.39 is 0 Å². The normalized spacial score (nSPS) is 11.4. The molecule has 7 heteroatoms. The molecule has 0 bridgehead atoms. The van der Waals surface area contributed by atoms with Gasteiger partial charge < -0.3 is 15.4 Å². The van der Waals surface area contributed by atoms with Crippen LogP contribution >= 0.6 is 11.3 Å². The summed E-state index contributed by atoms with van der Waals surface area (Å²) in [6, 6.07) is 4.95. The Morgan fingerprint density at radius 1 is 1.29 bits per heavy atom. The van der Waals surface area contributed by atoms with Crippen LogP contribution in [0.1, 0.15) is 29.3 Å². The molecule has 0 radical (unpaired) electrons. The lowest BCUT2D eigenvalue weighted by atomic mass is 10.2. The van der Waals surface area contributed by atoms with Gasteiger partial charge in [0.1, 0.15) is 5.01 Å². The molecule has 5 nitrogen and oxygen atoms in total. The number of aryl methyl sites for hydroxylation is 1. The molecule has 0 atom stereocenters. The van der Waals surface area contributed by atoms with E-state index in [2.05, 4.69) is 27.5 Å². The molecule has 1 heterocycles. The molecule has 2 aromatic rings. The van der Waals surface area contributed by atoms with Crippen LogP contribution in [0.25, 0.3) is 0 Å². The Morgan fingerprint density at radius 3 is 2.71 bits per heavy atom. The molecule has 0 aliphatic carbocycles. The van der Waals surface area contributed by atoms with Crippen molar-refractivity contribution in [1.29, 1.82) is 0 Å². The molecule has 0 spiro atoms. The fourth-order valence-corrected chi connectivity index (χ4v) is 2.89. The van der Waals surface area contributed by atoms with Crippen molar-refractivity contribution in [2.75, 3.05) is 13.7 Å². The Morgan fingerprint density at radius 2 is 2.08 bits per heavy atom. The zero-order valence-corrected chi connectivity index (χ0v) is 15.0. The second-order valence-electron chi connectivity index (χ2n) is 5.05. The Balaban J connectivity index is 1.86. The van der Waals surface area contributed by atoms with Gasteiger partial charge in [-0.25, -0.2) is 9.37 Å². The summed E-state index contributed by atoms with van der Waals surface area (Å²) in [6.45, 7) is 5.47. The number of hydrogen-bond donors (Lipinski definition) is 2. The van der Waals surface area contributed by atoms with Gasteiger partial charge in [0.15, 0.2) is 17.5 Å². The van der Waals surface area contributed by atoms with Crippen LogP contribution in [0.3, 0.4) is 0 Å². The fraction of sp³-hybridized carbons (Fsp3) is 0.412. The van der Waals surface area contributed by atoms with Gasteiger partial charge in [-0.2, -0.15) is 0 Å². The van der Waals surface area contributed by atoms with Gasteiger partial charge in [-0.05, 0) is 31.0 Å². The van der Waals surface area contributed by atoms with Gasteiger partial charge in [0.25, 0.3) is 0 Å². The van der Waals surface area contributed by atoms with Crippen molar-refractivity contribution < 1.29 is 9.13 Å². The Labute approximate surface area is 146 Å². The lowest BCUT2D eigenvalue weighted by molar-refractivity contribution is 0.321. The van der Waals surface area contributed by atoms with Gasteiger partial charge in [0.05, 0.1) is 13.2 Å². The van der Waals surface area contributed by atoms with Gasteiger partial charge in [-0.15, -0.1) is 11.3 Å². The summed E-state index contributed by atoms with van der Waals surface area (Å²) in [5, 5.41) is 7.39. The average Bonchev–Trinajstić information content (AvgIpc) is 3.05. The van der Waals surface area contributed by atoms with Crippen molar-refractivity contribution in [3.05, 3.63) is 45.7 Å². The zero-order chi connectivity index (χ0) is 17.4. The van der Waals surface area contributed by atoms with Crippen molar-refractivity contribution in [2.24, 2.45) is 4.99 Å². The SMILES string of the molecule is CCOc1ccc(CNC(=NC)NCc2ncc(CC)s2)cc1F. The fourth-order valence-electron chi connectivity index (χ4n) is 2.09. The standard InChI is InChI=1S/C17H23FN4OS/c1-4-13-10-20-16(24-13)11-22-17(19-3)21-9-12-6-7-15(23-5-2)14(18)8-12/h6-8,10H,4-5,9,11H2,1-3H3,(H2,19,21,22). The number of rotatable bonds is 7. The van der Waals surface area contributed by atoms with Crippen molar-refractivity contribution in [3.63, 3.8) is 0 Å². The number of nitrogens with one attached hydrogen (secondary N) is 2. The van der Waals surface area contributed by atoms with Crippen LogP contribution in [-0.2, 0) is 19.5 Å². The maximum atomic E-state index is 13.8. The van der Waals surface area contributed by atoms with Crippen molar-refractivity contribution in [2.45, 2.75) is 33.4 Å². The maximum Gasteiger partial charge on any atom is 0.191 e. The summed E-state index contributed by atoms with van der Waals surface area (Å²) in [7, 11) is 1.70. The second kappa shape index (κ2) is 9.22. The average molecular weight is 350 g/mol. The molecular formula is C17H23FN4OS. The minimum absolute atomic E-state index is 0.277. The predicted molar refractivity (Wildman–Crippen MR) is 96.1 cm³/mol. The van der Waals surface area contributed by atoms with Crippen molar-refractivity contribution in [3.8, 4) is 5.75 Å². The van der Waals surface area contributed by atoms with E-state index in [1.165, 1.54) is 10.9 Å². The molecule has 130 valence electrons. The Hall–Kier alpha value is -2.15. The smallest absolute Gasteiger partial charge is 0.191 e. The highest BCUT2D eigenvalue weighted by Gasteiger charge is 2.06. The van der Waals surface area contributed by atoms with E-state index in [9.17, 15) is 4.39 Å². The summed E-state index contributed by atoms with van der Waals surface area (Å²) < 4.78 is 19.0. The van der Waals surface area contributed by atoms with Gasteiger partial charge in [-0.1, -0.05) is 13.0 Å². The van der Waals surface area contributed by atoms with Crippen molar-refractivity contribution >= 4 is 17.3 Å². The van der Waals surface area contributed by atoms with Gasteiger partial charge >= 0.3 is 0 Å². The molecule has 0 saturated carbocycles. The summed E-state index contributed by atoms with van der Waals surface area (Å²) in [5.41, 5.74) is 0.821. The number of halogens is 1. The number of hydrogen-bond acceptors (Lipinski definition) is 4. The first-order valence-electron chi connectivity index (χ1n) is 7.95. The highest BCUT2D eigenvalue weighted by molar-refractivity contribution is 7.11. The quantitative estimate of drug-likeness (QED) is 0.595. The van der Waals surface area contributed by atoms with Crippen LogP contribution in [0.5, 0.6) is 5.75 Å². The molecule has 0 aliphatic rings. The van der Waals surface area contributed by atoms with E-state index in [1.54, 1.807) is 24.5 Å². The monoisotopic (exact) mass is 350 g/mol. The van der Waals surface area contributed by atoms with Crippen LogP contribution in [0.4, 0.5) is 4.39 Å².